The summed E-state index contributed by atoms with van der Waals surface area (Å²) in [6, 6.07) is 0. The van der Waals surface area contributed by atoms with Crippen LogP contribution in [0.25, 0.3) is 0 Å². The highest BCUT2D eigenvalue weighted by molar-refractivity contribution is 7.82. The van der Waals surface area contributed by atoms with Gasteiger partial charge in [-0.3, -0.25) is 0 Å². The van der Waals surface area contributed by atoms with Gasteiger partial charge in [-0.05, 0) is 6.42 Å². The second-order valence-corrected chi connectivity index (χ2v) is 7.98. The van der Waals surface area contributed by atoms with Crippen LogP contribution in [0.1, 0.15) is 116 Å². The summed E-state index contributed by atoms with van der Waals surface area (Å²) in [4.78, 5) is 0. The topological polar surface area (TPSA) is 0 Å². The van der Waals surface area contributed by atoms with Crippen molar-refractivity contribution in [2.75, 3.05) is 0 Å². The molecule has 1 unspecified atom stereocenters. The first-order chi connectivity index (χ1) is 10.3. The standard InChI is InChI=1S/C19H39ClS/c1-2-3-4-5-6-7-8-9-10-11-12-13-14-15-16-17-18-19(20)21/h19,21H,2-18H2,1H3. The lowest BCUT2D eigenvalue weighted by Crippen LogP contribution is -1.87. The number of rotatable bonds is 17. The van der Waals surface area contributed by atoms with Gasteiger partial charge in [0.15, 0.2) is 0 Å². The first kappa shape index (κ1) is 21.6. The maximum absolute atomic E-state index is 5.81. The highest BCUT2D eigenvalue weighted by Gasteiger charge is 1.97. The molecule has 0 heterocycles. The van der Waals surface area contributed by atoms with E-state index in [-0.39, 0.29) is 4.71 Å². The van der Waals surface area contributed by atoms with Crippen LogP contribution in [-0.2, 0) is 0 Å². The predicted octanol–water partition coefficient (Wildman–Crippen LogP) is 8.13. The summed E-state index contributed by atoms with van der Waals surface area (Å²) in [6.07, 6.45) is 23.8. The van der Waals surface area contributed by atoms with E-state index < -0.39 is 0 Å². The van der Waals surface area contributed by atoms with Crippen LogP contribution in [0.5, 0.6) is 0 Å². The average Bonchev–Trinajstić information content (AvgIpc) is 2.46. The molecule has 21 heavy (non-hydrogen) atoms. The third-order valence-electron chi connectivity index (χ3n) is 4.30. The normalized spacial score (nSPS) is 12.7. The third kappa shape index (κ3) is 20.6. The van der Waals surface area contributed by atoms with Gasteiger partial charge in [-0.1, -0.05) is 110 Å². The minimum atomic E-state index is 0.0663. The molecule has 0 rings (SSSR count). The molecular weight excluding hydrogens is 296 g/mol. The van der Waals surface area contributed by atoms with E-state index in [1.807, 2.05) is 0 Å². The summed E-state index contributed by atoms with van der Waals surface area (Å²) >= 11 is 10.00. The van der Waals surface area contributed by atoms with Gasteiger partial charge in [-0.2, -0.15) is 12.6 Å². The van der Waals surface area contributed by atoms with Crippen LogP contribution in [0, 0.1) is 0 Å². The van der Waals surface area contributed by atoms with Crippen molar-refractivity contribution in [3.63, 3.8) is 0 Å². The molecule has 0 N–H and O–H groups in total. The van der Waals surface area contributed by atoms with Crippen LogP contribution in [0.2, 0.25) is 0 Å². The molecule has 2 heteroatoms. The van der Waals surface area contributed by atoms with Gasteiger partial charge in [0.05, 0.1) is 4.71 Å². The summed E-state index contributed by atoms with van der Waals surface area (Å²) in [5, 5.41) is 0. The lowest BCUT2D eigenvalue weighted by atomic mass is 10.0. The Morgan fingerprint density at radius 2 is 0.857 bits per heavy atom. The van der Waals surface area contributed by atoms with Crippen LogP contribution >= 0.6 is 24.2 Å². The number of halogens is 1. The van der Waals surface area contributed by atoms with Gasteiger partial charge in [-0.25, -0.2) is 0 Å². The lowest BCUT2D eigenvalue weighted by Gasteiger charge is -2.04. The maximum atomic E-state index is 5.81. The van der Waals surface area contributed by atoms with Crippen molar-refractivity contribution >= 4 is 24.2 Å². The van der Waals surface area contributed by atoms with Crippen molar-refractivity contribution in [2.45, 2.75) is 121 Å². The fourth-order valence-electron chi connectivity index (χ4n) is 2.86. The van der Waals surface area contributed by atoms with E-state index in [0.29, 0.717) is 0 Å². The van der Waals surface area contributed by atoms with Crippen LogP contribution < -0.4 is 0 Å². The summed E-state index contributed by atoms with van der Waals surface area (Å²) in [7, 11) is 0. The van der Waals surface area contributed by atoms with Gasteiger partial charge < -0.3 is 0 Å². The Hall–Kier alpha value is 0.640. The van der Waals surface area contributed by atoms with Crippen molar-refractivity contribution in [1.82, 2.24) is 0 Å². The van der Waals surface area contributed by atoms with Crippen molar-refractivity contribution < 1.29 is 0 Å². The molecule has 0 saturated heterocycles. The van der Waals surface area contributed by atoms with Crippen molar-refractivity contribution in [2.24, 2.45) is 0 Å². The molecule has 0 nitrogen and oxygen atoms in total. The Kier molecular flexibility index (Phi) is 19.3. The van der Waals surface area contributed by atoms with E-state index in [9.17, 15) is 0 Å². The van der Waals surface area contributed by atoms with Gasteiger partial charge in [0.2, 0.25) is 0 Å². The Morgan fingerprint density at radius 3 is 1.14 bits per heavy atom. The van der Waals surface area contributed by atoms with Crippen LogP contribution in [0.4, 0.5) is 0 Å². The van der Waals surface area contributed by atoms with E-state index in [1.54, 1.807) is 0 Å². The summed E-state index contributed by atoms with van der Waals surface area (Å²) in [5.74, 6) is 0. The molecule has 0 aliphatic heterocycles. The van der Waals surface area contributed by atoms with Crippen LogP contribution in [0.15, 0.2) is 0 Å². The van der Waals surface area contributed by atoms with Crippen LogP contribution in [-0.4, -0.2) is 4.71 Å². The number of hydrogen-bond acceptors (Lipinski definition) is 1. The molecule has 0 saturated carbocycles. The summed E-state index contributed by atoms with van der Waals surface area (Å²) in [5.41, 5.74) is 0. The Labute approximate surface area is 145 Å². The largest absolute Gasteiger partial charge is 0.160 e. The van der Waals surface area contributed by atoms with Gasteiger partial charge >= 0.3 is 0 Å². The van der Waals surface area contributed by atoms with Crippen molar-refractivity contribution in [1.29, 1.82) is 0 Å². The molecular formula is C19H39ClS. The van der Waals surface area contributed by atoms with E-state index in [0.717, 1.165) is 6.42 Å². The summed E-state index contributed by atoms with van der Waals surface area (Å²) in [6.45, 7) is 2.29. The van der Waals surface area contributed by atoms with Gasteiger partial charge in [-0.15, -0.1) is 11.6 Å². The zero-order valence-corrected chi connectivity index (χ0v) is 16.1. The Morgan fingerprint density at radius 1 is 0.571 bits per heavy atom. The molecule has 0 spiro atoms. The highest BCUT2D eigenvalue weighted by Crippen LogP contribution is 2.15. The second kappa shape index (κ2) is 18.7. The number of unbranched alkanes of at least 4 members (excludes halogenated alkanes) is 15. The second-order valence-electron chi connectivity index (χ2n) is 6.53. The Bertz CT molecular complexity index is 182. The third-order valence-corrected chi connectivity index (χ3v) is 4.77. The maximum Gasteiger partial charge on any atom is 0.0759 e. The zero-order chi connectivity index (χ0) is 15.6. The van der Waals surface area contributed by atoms with Gasteiger partial charge in [0.1, 0.15) is 0 Å². The highest BCUT2D eigenvalue weighted by atomic mass is 35.5. The molecule has 0 bridgehead atoms. The first-order valence-electron chi connectivity index (χ1n) is 9.59. The fourth-order valence-corrected chi connectivity index (χ4v) is 3.20. The molecule has 0 aliphatic carbocycles. The number of alkyl halides is 1. The molecule has 0 fully saturated rings. The van der Waals surface area contributed by atoms with Crippen molar-refractivity contribution in [3.05, 3.63) is 0 Å². The monoisotopic (exact) mass is 334 g/mol. The average molecular weight is 335 g/mol. The molecule has 0 amide bonds. The molecule has 1 atom stereocenters. The number of thiol groups is 1. The minimum absolute atomic E-state index is 0.0663. The Balaban J connectivity index is 2.93. The molecule has 0 aromatic rings. The quantitative estimate of drug-likeness (QED) is 0.155. The predicted molar refractivity (Wildman–Crippen MR) is 103 cm³/mol. The molecule has 0 aliphatic rings. The van der Waals surface area contributed by atoms with E-state index in [4.69, 9.17) is 11.6 Å². The van der Waals surface area contributed by atoms with Gasteiger partial charge in [0, 0.05) is 0 Å². The zero-order valence-electron chi connectivity index (χ0n) is 14.4. The summed E-state index contributed by atoms with van der Waals surface area (Å²) < 4.78 is 0.0663. The van der Waals surface area contributed by atoms with E-state index in [1.165, 1.54) is 103 Å². The van der Waals surface area contributed by atoms with E-state index in [2.05, 4.69) is 19.6 Å². The molecule has 0 radical (unpaired) electrons. The fraction of sp³-hybridized carbons (Fsp3) is 1.00. The number of hydrogen-bond donors (Lipinski definition) is 1. The molecule has 0 aromatic heterocycles. The van der Waals surface area contributed by atoms with Gasteiger partial charge in [0.25, 0.3) is 0 Å². The first-order valence-corrected chi connectivity index (χ1v) is 10.5. The van der Waals surface area contributed by atoms with Crippen LogP contribution in [0.3, 0.4) is 0 Å². The molecule has 128 valence electrons. The lowest BCUT2D eigenvalue weighted by molar-refractivity contribution is 0.528. The minimum Gasteiger partial charge on any atom is -0.160 e. The van der Waals surface area contributed by atoms with Crippen molar-refractivity contribution in [3.8, 4) is 0 Å². The smallest absolute Gasteiger partial charge is 0.0759 e. The molecule has 0 aromatic carbocycles. The SMILES string of the molecule is CCCCCCCCCCCCCCCCCCC(S)Cl. The van der Waals surface area contributed by atoms with E-state index >= 15 is 0 Å².